The maximum atomic E-state index is 12.5. The van der Waals surface area contributed by atoms with E-state index in [-0.39, 0.29) is 5.91 Å². The Morgan fingerprint density at radius 2 is 2.00 bits per heavy atom. The Morgan fingerprint density at radius 3 is 2.42 bits per heavy atom. The predicted octanol–water partition coefficient (Wildman–Crippen LogP) is 2.78. The molecule has 0 rings (SSSR count). The summed E-state index contributed by atoms with van der Waals surface area (Å²) in [4.78, 5) is 25.7. The summed E-state index contributed by atoms with van der Waals surface area (Å²) in [6.45, 7) is 9.56. The van der Waals surface area contributed by atoms with Crippen molar-refractivity contribution >= 4 is 11.9 Å². The van der Waals surface area contributed by atoms with Crippen LogP contribution in [0.25, 0.3) is 0 Å². The van der Waals surface area contributed by atoms with Gasteiger partial charge in [-0.3, -0.25) is 4.79 Å². The number of carbonyl (C=O) groups is 2. The topological polar surface area (TPSA) is 46.6 Å². The summed E-state index contributed by atoms with van der Waals surface area (Å²) in [7, 11) is 2.99. The van der Waals surface area contributed by atoms with Crippen molar-refractivity contribution in [2.75, 3.05) is 14.2 Å². The third kappa shape index (κ3) is 5.05. The first-order valence-electron chi connectivity index (χ1n) is 6.77. The third-order valence-electron chi connectivity index (χ3n) is 3.39. The lowest BCUT2D eigenvalue weighted by atomic mass is 9.85. The molecular weight excluding hydrogens is 242 g/mol. The number of carbonyl (C=O) groups excluding carboxylic acids is 2. The number of amides is 1. The maximum Gasteiger partial charge on any atom is 0.328 e. The summed E-state index contributed by atoms with van der Waals surface area (Å²) >= 11 is 0. The minimum absolute atomic E-state index is 0.0294. The first kappa shape index (κ1) is 17.7. The molecule has 0 spiro atoms. The van der Waals surface area contributed by atoms with Crippen molar-refractivity contribution in [3.05, 3.63) is 12.7 Å². The molecular formula is C15H27NO3. The summed E-state index contributed by atoms with van der Waals surface area (Å²) < 4.78 is 4.75. The molecule has 0 aromatic rings. The van der Waals surface area contributed by atoms with Crippen molar-refractivity contribution < 1.29 is 14.3 Å². The van der Waals surface area contributed by atoms with Gasteiger partial charge in [0.15, 0.2) is 0 Å². The smallest absolute Gasteiger partial charge is 0.328 e. The Bertz CT molecular complexity index is 323. The molecule has 19 heavy (non-hydrogen) atoms. The third-order valence-corrected chi connectivity index (χ3v) is 3.39. The molecule has 4 heteroatoms. The molecule has 0 aromatic carbocycles. The van der Waals surface area contributed by atoms with Crippen LogP contribution in [0.1, 0.15) is 46.5 Å². The number of hydrogen-bond donors (Lipinski definition) is 0. The number of unbranched alkanes of at least 4 members (excludes halogenated alkanes) is 1. The highest BCUT2D eigenvalue weighted by atomic mass is 16.5. The van der Waals surface area contributed by atoms with Gasteiger partial charge in [0, 0.05) is 12.5 Å². The van der Waals surface area contributed by atoms with Crippen LogP contribution in [-0.4, -0.2) is 37.0 Å². The largest absolute Gasteiger partial charge is 0.467 e. The van der Waals surface area contributed by atoms with Crippen LogP contribution in [0.5, 0.6) is 0 Å². The van der Waals surface area contributed by atoms with Gasteiger partial charge in [-0.15, -0.1) is 6.58 Å². The minimum atomic E-state index is -0.587. The molecule has 0 aliphatic rings. The lowest BCUT2D eigenvalue weighted by molar-refractivity contribution is -0.155. The summed E-state index contributed by atoms with van der Waals surface area (Å²) in [5, 5.41) is 0. The lowest BCUT2D eigenvalue weighted by Gasteiger charge is -2.33. The van der Waals surface area contributed by atoms with Crippen molar-refractivity contribution in [1.29, 1.82) is 0 Å². The summed E-state index contributed by atoms with van der Waals surface area (Å²) in [5.41, 5.74) is -0.460. The molecule has 0 aliphatic heterocycles. The van der Waals surface area contributed by atoms with Crippen LogP contribution in [-0.2, 0) is 14.3 Å². The van der Waals surface area contributed by atoms with Gasteiger partial charge in [-0.05, 0) is 12.8 Å². The van der Waals surface area contributed by atoms with Crippen LogP contribution in [0.4, 0.5) is 0 Å². The van der Waals surface area contributed by atoms with Gasteiger partial charge in [-0.1, -0.05) is 39.7 Å². The number of hydrogen-bond acceptors (Lipinski definition) is 3. The number of ether oxygens (including phenoxy) is 1. The minimum Gasteiger partial charge on any atom is -0.467 e. The van der Waals surface area contributed by atoms with Crippen molar-refractivity contribution in [3.8, 4) is 0 Å². The van der Waals surface area contributed by atoms with Gasteiger partial charge in [0.1, 0.15) is 6.04 Å². The second-order valence-electron chi connectivity index (χ2n) is 5.47. The first-order valence-corrected chi connectivity index (χ1v) is 6.77. The first-order chi connectivity index (χ1) is 8.81. The number of likely N-dealkylation sites (N-methyl/N-ethyl adjacent to an activating group) is 1. The highest BCUT2D eigenvalue weighted by molar-refractivity contribution is 5.87. The predicted molar refractivity (Wildman–Crippen MR) is 76.7 cm³/mol. The molecule has 0 saturated carbocycles. The molecule has 0 heterocycles. The zero-order valence-corrected chi connectivity index (χ0v) is 12.9. The van der Waals surface area contributed by atoms with Gasteiger partial charge in [-0.25, -0.2) is 4.79 Å². The average Bonchev–Trinajstić information content (AvgIpc) is 2.40. The van der Waals surface area contributed by atoms with Crippen LogP contribution in [0.3, 0.4) is 0 Å². The van der Waals surface area contributed by atoms with Gasteiger partial charge in [0.25, 0.3) is 0 Å². The lowest BCUT2D eigenvalue weighted by Crippen LogP contribution is -2.48. The fourth-order valence-electron chi connectivity index (χ4n) is 2.05. The Morgan fingerprint density at radius 1 is 1.42 bits per heavy atom. The second-order valence-corrected chi connectivity index (χ2v) is 5.47. The van der Waals surface area contributed by atoms with Gasteiger partial charge in [-0.2, -0.15) is 0 Å². The molecule has 0 radical (unpaired) electrons. The standard InChI is InChI=1S/C15H27NO3/c1-7-9-11-15(3,4)14(18)16(5)12(10-8-2)13(17)19-6/h8,12H,2,7,9-11H2,1,3-6H3. The van der Waals surface area contributed by atoms with Gasteiger partial charge >= 0.3 is 5.97 Å². The molecule has 0 N–H and O–H groups in total. The molecule has 0 aliphatic carbocycles. The fourth-order valence-corrected chi connectivity index (χ4v) is 2.05. The van der Waals surface area contributed by atoms with Crippen molar-refractivity contribution in [3.63, 3.8) is 0 Å². The average molecular weight is 269 g/mol. The van der Waals surface area contributed by atoms with Gasteiger partial charge in [0.05, 0.1) is 7.11 Å². The van der Waals surface area contributed by atoms with E-state index < -0.39 is 17.4 Å². The van der Waals surface area contributed by atoms with Crippen LogP contribution in [0.2, 0.25) is 0 Å². The molecule has 110 valence electrons. The quantitative estimate of drug-likeness (QED) is 0.503. The highest BCUT2D eigenvalue weighted by Gasteiger charge is 2.35. The summed E-state index contributed by atoms with van der Waals surface area (Å²) in [6, 6.07) is -0.587. The molecule has 1 atom stereocenters. The van der Waals surface area contributed by atoms with E-state index in [4.69, 9.17) is 4.74 Å². The normalized spacial score (nSPS) is 12.7. The van der Waals surface area contributed by atoms with Gasteiger partial charge in [0.2, 0.25) is 5.91 Å². The Hall–Kier alpha value is -1.32. The monoisotopic (exact) mass is 269 g/mol. The zero-order valence-electron chi connectivity index (χ0n) is 12.9. The molecule has 0 saturated heterocycles. The molecule has 4 nitrogen and oxygen atoms in total. The molecule has 0 bridgehead atoms. The zero-order chi connectivity index (χ0) is 15.1. The Labute approximate surface area is 116 Å². The number of nitrogens with zero attached hydrogens (tertiary/aromatic N) is 1. The molecule has 1 unspecified atom stereocenters. The highest BCUT2D eigenvalue weighted by Crippen LogP contribution is 2.27. The molecule has 0 aromatic heterocycles. The molecule has 0 fully saturated rings. The number of rotatable bonds is 8. The van der Waals surface area contributed by atoms with Gasteiger partial charge < -0.3 is 9.64 Å². The SMILES string of the molecule is C=CCC(C(=O)OC)N(C)C(=O)C(C)(C)CCCC. The number of esters is 1. The van der Waals surface area contributed by atoms with E-state index in [0.717, 1.165) is 19.3 Å². The number of methoxy groups -OCH3 is 1. The van der Waals surface area contributed by atoms with E-state index in [1.165, 1.54) is 12.0 Å². The second kappa shape index (κ2) is 7.97. The van der Waals surface area contributed by atoms with E-state index in [0.29, 0.717) is 6.42 Å². The van der Waals surface area contributed by atoms with Crippen LogP contribution in [0.15, 0.2) is 12.7 Å². The van der Waals surface area contributed by atoms with E-state index in [2.05, 4.69) is 13.5 Å². The van der Waals surface area contributed by atoms with Crippen molar-refractivity contribution in [2.24, 2.45) is 5.41 Å². The Balaban J connectivity index is 4.92. The van der Waals surface area contributed by atoms with Crippen molar-refractivity contribution in [1.82, 2.24) is 4.90 Å². The maximum absolute atomic E-state index is 12.5. The van der Waals surface area contributed by atoms with E-state index in [1.807, 2.05) is 13.8 Å². The summed E-state index contributed by atoms with van der Waals surface area (Å²) in [6.07, 6.45) is 4.89. The van der Waals surface area contributed by atoms with Crippen LogP contribution >= 0.6 is 0 Å². The summed E-state index contributed by atoms with van der Waals surface area (Å²) in [5.74, 6) is -0.430. The Kier molecular flexibility index (Phi) is 7.42. The van der Waals surface area contributed by atoms with Crippen LogP contribution < -0.4 is 0 Å². The van der Waals surface area contributed by atoms with E-state index in [9.17, 15) is 9.59 Å². The molecule has 1 amide bonds. The van der Waals surface area contributed by atoms with Crippen LogP contribution in [0, 0.1) is 5.41 Å². The van der Waals surface area contributed by atoms with E-state index in [1.54, 1.807) is 13.1 Å². The van der Waals surface area contributed by atoms with Crippen molar-refractivity contribution in [2.45, 2.75) is 52.5 Å². The van der Waals surface area contributed by atoms with E-state index >= 15 is 0 Å². The fraction of sp³-hybridized carbons (Fsp3) is 0.733.